The molecule has 0 amide bonds. The summed E-state index contributed by atoms with van der Waals surface area (Å²) in [4.78, 5) is 16.6. The number of aliphatic hydroxyl groups excluding tert-OH is 1. The van der Waals surface area contributed by atoms with E-state index in [4.69, 9.17) is 5.11 Å². The maximum atomic E-state index is 9.15. The zero-order chi connectivity index (χ0) is 18.5. The number of rotatable bonds is 7. The third-order valence-corrected chi connectivity index (χ3v) is 5.13. The number of thiazole rings is 1. The van der Waals surface area contributed by atoms with Gasteiger partial charge in [-0.2, -0.15) is 0 Å². The minimum Gasteiger partial charge on any atom is -0.395 e. The minimum absolute atomic E-state index is 0.144. The molecule has 136 valence electrons. The van der Waals surface area contributed by atoms with Gasteiger partial charge in [-0.15, -0.1) is 11.3 Å². The number of aliphatic hydroxyl groups is 1. The van der Waals surface area contributed by atoms with Crippen molar-refractivity contribution in [2.24, 2.45) is 0 Å². The Hall–Kier alpha value is -2.51. The first-order valence-corrected chi connectivity index (χ1v) is 9.42. The van der Waals surface area contributed by atoms with Gasteiger partial charge in [0.05, 0.1) is 27.9 Å². The van der Waals surface area contributed by atoms with Crippen molar-refractivity contribution in [3.63, 3.8) is 0 Å². The molecule has 2 N–H and O–H groups in total. The topological polar surface area (TPSA) is 74.2 Å². The van der Waals surface area contributed by atoms with Crippen molar-refractivity contribution >= 4 is 28.7 Å². The molecule has 0 aliphatic carbocycles. The first-order valence-electron chi connectivity index (χ1n) is 8.61. The van der Waals surface area contributed by atoms with Crippen LogP contribution in [0.2, 0.25) is 0 Å². The lowest BCUT2D eigenvalue weighted by Gasteiger charge is -2.22. The van der Waals surface area contributed by atoms with Crippen LogP contribution in [0.4, 0.5) is 17.3 Å². The largest absolute Gasteiger partial charge is 0.395 e. The van der Waals surface area contributed by atoms with Crippen LogP contribution < -0.4 is 10.2 Å². The van der Waals surface area contributed by atoms with Gasteiger partial charge in [0, 0.05) is 30.7 Å². The zero-order valence-corrected chi connectivity index (χ0v) is 16.0. The van der Waals surface area contributed by atoms with Gasteiger partial charge < -0.3 is 15.3 Å². The summed E-state index contributed by atoms with van der Waals surface area (Å²) in [7, 11) is 0. The van der Waals surface area contributed by atoms with Crippen molar-refractivity contribution in [3.8, 4) is 10.6 Å². The lowest BCUT2D eigenvalue weighted by atomic mass is 10.2. The summed E-state index contributed by atoms with van der Waals surface area (Å²) in [6.07, 6.45) is 1.76. The Morgan fingerprint density at radius 3 is 2.50 bits per heavy atom. The molecule has 3 aromatic rings. The molecule has 7 heteroatoms. The molecule has 0 bridgehead atoms. The van der Waals surface area contributed by atoms with Crippen molar-refractivity contribution < 1.29 is 5.11 Å². The number of benzene rings is 1. The summed E-state index contributed by atoms with van der Waals surface area (Å²) in [6.45, 7) is 7.70. The molecule has 0 aliphatic rings. The molecule has 0 radical (unpaired) electrons. The Morgan fingerprint density at radius 2 is 1.88 bits per heavy atom. The summed E-state index contributed by atoms with van der Waals surface area (Å²) >= 11 is 1.64. The number of hydrogen-bond donors (Lipinski definition) is 2. The van der Waals surface area contributed by atoms with Crippen LogP contribution in [0.5, 0.6) is 0 Å². The standard InChI is InChI=1S/C19H23N5OS/c1-4-24(11-12-25)16-7-5-15(6-8-16)22-19-20-10-9-17(23-19)18-13(2)21-14(3)26-18/h5-10,25H,4,11-12H2,1-3H3,(H,20,22,23). The number of likely N-dealkylation sites (N-methyl/N-ethyl adjacent to an activating group) is 1. The van der Waals surface area contributed by atoms with E-state index in [1.54, 1.807) is 17.5 Å². The fraction of sp³-hybridized carbons (Fsp3) is 0.316. The predicted molar refractivity (Wildman–Crippen MR) is 107 cm³/mol. The van der Waals surface area contributed by atoms with Crippen molar-refractivity contribution in [2.45, 2.75) is 20.8 Å². The molecule has 0 fully saturated rings. The van der Waals surface area contributed by atoms with E-state index in [1.807, 2.05) is 44.2 Å². The fourth-order valence-electron chi connectivity index (χ4n) is 2.79. The monoisotopic (exact) mass is 369 g/mol. The minimum atomic E-state index is 0.144. The highest BCUT2D eigenvalue weighted by atomic mass is 32.1. The Morgan fingerprint density at radius 1 is 1.12 bits per heavy atom. The highest BCUT2D eigenvalue weighted by molar-refractivity contribution is 7.15. The van der Waals surface area contributed by atoms with Crippen LogP contribution in [0.15, 0.2) is 36.5 Å². The van der Waals surface area contributed by atoms with Crippen LogP contribution in [0.1, 0.15) is 17.6 Å². The van der Waals surface area contributed by atoms with Crippen LogP contribution in [0, 0.1) is 13.8 Å². The number of nitrogens with zero attached hydrogens (tertiary/aromatic N) is 4. The van der Waals surface area contributed by atoms with Gasteiger partial charge in [0.25, 0.3) is 0 Å². The Labute approximate surface area is 157 Å². The normalized spacial score (nSPS) is 10.8. The second kappa shape index (κ2) is 8.25. The van der Waals surface area contributed by atoms with E-state index in [0.717, 1.165) is 39.2 Å². The molecule has 3 rings (SSSR count). The molecular weight excluding hydrogens is 346 g/mol. The molecule has 2 heterocycles. The van der Waals surface area contributed by atoms with Gasteiger partial charge in [-0.25, -0.2) is 15.0 Å². The SMILES string of the molecule is CCN(CCO)c1ccc(Nc2nccc(-c3sc(C)nc3C)n2)cc1. The summed E-state index contributed by atoms with van der Waals surface area (Å²) in [6, 6.07) is 9.95. The first-order chi connectivity index (χ1) is 12.6. The zero-order valence-electron chi connectivity index (χ0n) is 15.2. The second-order valence-corrected chi connectivity index (χ2v) is 7.09. The van der Waals surface area contributed by atoms with Crippen molar-refractivity contribution in [2.75, 3.05) is 29.9 Å². The molecule has 26 heavy (non-hydrogen) atoms. The maximum absolute atomic E-state index is 9.15. The van der Waals surface area contributed by atoms with E-state index >= 15 is 0 Å². The number of aromatic nitrogens is 3. The van der Waals surface area contributed by atoms with Crippen molar-refractivity contribution in [1.82, 2.24) is 15.0 Å². The molecule has 0 saturated heterocycles. The first kappa shape index (κ1) is 18.3. The highest BCUT2D eigenvalue weighted by Gasteiger charge is 2.10. The van der Waals surface area contributed by atoms with E-state index in [1.165, 1.54) is 0 Å². The lowest BCUT2D eigenvalue weighted by Crippen LogP contribution is -2.25. The third kappa shape index (κ3) is 4.17. The number of anilines is 3. The lowest BCUT2D eigenvalue weighted by molar-refractivity contribution is 0.302. The molecule has 2 aromatic heterocycles. The molecular formula is C19H23N5OS. The highest BCUT2D eigenvalue weighted by Crippen LogP contribution is 2.29. The van der Waals surface area contributed by atoms with Crippen LogP contribution in [0.3, 0.4) is 0 Å². The molecule has 6 nitrogen and oxygen atoms in total. The number of nitrogens with one attached hydrogen (secondary N) is 1. The van der Waals surface area contributed by atoms with E-state index in [9.17, 15) is 0 Å². The fourth-order valence-corrected chi connectivity index (χ4v) is 3.68. The molecule has 0 spiro atoms. The smallest absolute Gasteiger partial charge is 0.227 e. The quantitative estimate of drug-likeness (QED) is 0.660. The van der Waals surface area contributed by atoms with Gasteiger partial charge in [0.15, 0.2) is 0 Å². The van der Waals surface area contributed by atoms with Gasteiger partial charge in [-0.1, -0.05) is 0 Å². The molecule has 0 atom stereocenters. The average Bonchev–Trinajstić information content (AvgIpc) is 2.99. The number of hydrogen-bond acceptors (Lipinski definition) is 7. The summed E-state index contributed by atoms with van der Waals surface area (Å²) in [5.41, 5.74) is 3.87. The summed E-state index contributed by atoms with van der Waals surface area (Å²) in [5.74, 6) is 0.559. The molecule has 0 aliphatic heterocycles. The summed E-state index contributed by atoms with van der Waals surface area (Å²) < 4.78 is 0. The van der Waals surface area contributed by atoms with Gasteiger partial charge in [0.2, 0.25) is 5.95 Å². The third-order valence-electron chi connectivity index (χ3n) is 4.03. The van der Waals surface area contributed by atoms with Gasteiger partial charge in [-0.05, 0) is 51.1 Å². The maximum Gasteiger partial charge on any atom is 0.227 e. The van der Waals surface area contributed by atoms with E-state index in [2.05, 4.69) is 32.1 Å². The Bertz CT molecular complexity index is 863. The van der Waals surface area contributed by atoms with Gasteiger partial charge in [0.1, 0.15) is 0 Å². The van der Waals surface area contributed by atoms with E-state index < -0.39 is 0 Å². The second-order valence-electron chi connectivity index (χ2n) is 5.89. The van der Waals surface area contributed by atoms with Crippen LogP contribution in [-0.4, -0.2) is 39.8 Å². The van der Waals surface area contributed by atoms with E-state index in [0.29, 0.717) is 12.5 Å². The molecule has 0 saturated carbocycles. The summed E-state index contributed by atoms with van der Waals surface area (Å²) in [5, 5.41) is 13.4. The van der Waals surface area contributed by atoms with E-state index in [-0.39, 0.29) is 6.61 Å². The van der Waals surface area contributed by atoms with Gasteiger partial charge in [-0.3, -0.25) is 0 Å². The van der Waals surface area contributed by atoms with Crippen molar-refractivity contribution in [3.05, 3.63) is 47.2 Å². The molecule has 0 unspecified atom stereocenters. The average molecular weight is 369 g/mol. The Kier molecular flexibility index (Phi) is 5.80. The van der Waals surface area contributed by atoms with Crippen LogP contribution in [0.25, 0.3) is 10.6 Å². The van der Waals surface area contributed by atoms with Gasteiger partial charge >= 0.3 is 0 Å². The number of aryl methyl sites for hydroxylation is 2. The van der Waals surface area contributed by atoms with Crippen LogP contribution in [-0.2, 0) is 0 Å². The molecule has 1 aromatic carbocycles. The van der Waals surface area contributed by atoms with Crippen LogP contribution >= 0.6 is 11.3 Å². The Balaban J connectivity index is 1.77. The predicted octanol–water partition coefficient (Wildman–Crippen LogP) is 3.78. The van der Waals surface area contributed by atoms with Crippen molar-refractivity contribution in [1.29, 1.82) is 0 Å².